The zero-order valence-electron chi connectivity index (χ0n) is 17.7. The van der Waals surface area contributed by atoms with Gasteiger partial charge in [0.1, 0.15) is 10.0 Å². The molecule has 1 fully saturated rings. The van der Waals surface area contributed by atoms with Gasteiger partial charge in [0.15, 0.2) is 0 Å². The molecular weight excluding hydrogens is 455 g/mol. The Morgan fingerprint density at radius 2 is 2.19 bits per heavy atom. The van der Waals surface area contributed by atoms with Crippen LogP contribution in [0.1, 0.15) is 31.2 Å². The van der Waals surface area contributed by atoms with Gasteiger partial charge in [-0.1, -0.05) is 18.1 Å². The molecule has 32 heavy (non-hydrogen) atoms. The highest BCUT2D eigenvalue weighted by Gasteiger charge is 2.34. The summed E-state index contributed by atoms with van der Waals surface area (Å²) < 4.78 is 46.8. The highest BCUT2D eigenvalue weighted by atomic mass is 32.2. The van der Waals surface area contributed by atoms with Gasteiger partial charge < -0.3 is 9.84 Å². The molecule has 1 atom stereocenters. The summed E-state index contributed by atoms with van der Waals surface area (Å²) >= 11 is 1.08. The van der Waals surface area contributed by atoms with Gasteiger partial charge in [0.05, 0.1) is 5.92 Å². The molecule has 1 aliphatic rings. The van der Waals surface area contributed by atoms with Crippen molar-refractivity contribution in [1.82, 2.24) is 14.4 Å². The molecule has 0 aliphatic carbocycles. The topological polar surface area (TPSA) is 105 Å². The Morgan fingerprint density at radius 1 is 1.38 bits per heavy atom. The number of aromatic nitrogens is 2. The fourth-order valence-electron chi connectivity index (χ4n) is 3.50. The van der Waals surface area contributed by atoms with E-state index in [0.29, 0.717) is 54.3 Å². The molecular formula is C21H23FN4O4S2. The van der Waals surface area contributed by atoms with E-state index in [1.165, 1.54) is 16.4 Å². The normalized spacial score (nSPS) is 17.4. The number of aryl methyl sites for hydroxylation is 2. The average molecular weight is 479 g/mol. The number of hydrogen-bond donors (Lipinski definition) is 1. The van der Waals surface area contributed by atoms with Crippen LogP contribution in [0.5, 0.6) is 0 Å². The first-order valence-corrected chi connectivity index (χ1v) is 12.6. The Kier molecular flexibility index (Phi) is 6.40. The van der Waals surface area contributed by atoms with Crippen LogP contribution in [-0.2, 0) is 21.2 Å². The van der Waals surface area contributed by atoms with Gasteiger partial charge in [-0.2, -0.15) is 9.29 Å². The third-order valence-corrected chi connectivity index (χ3v) is 8.67. The molecule has 4 rings (SSSR count). The van der Waals surface area contributed by atoms with Gasteiger partial charge in [-0.3, -0.25) is 4.79 Å². The van der Waals surface area contributed by atoms with E-state index in [-0.39, 0.29) is 16.7 Å². The molecule has 3 heterocycles. The number of hydrogen-bond acceptors (Lipinski definition) is 7. The van der Waals surface area contributed by atoms with Crippen LogP contribution in [0.15, 0.2) is 38.4 Å². The summed E-state index contributed by atoms with van der Waals surface area (Å²) in [6.45, 7) is 3.93. The monoisotopic (exact) mass is 478 g/mol. The summed E-state index contributed by atoms with van der Waals surface area (Å²) in [7, 11) is -3.77. The Hall–Kier alpha value is -2.63. The minimum atomic E-state index is -3.77. The summed E-state index contributed by atoms with van der Waals surface area (Å²) in [5, 5.41) is 8.26. The maximum Gasteiger partial charge on any atom is 0.252 e. The Morgan fingerprint density at radius 3 is 2.91 bits per heavy atom. The summed E-state index contributed by atoms with van der Waals surface area (Å²) in [6.07, 6.45) is 1.71. The Balaban J connectivity index is 1.47. The molecule has 3 aromatic rings. The van der Waals surface area contributed by atoms with Crippen LogP contribution in [0.25, 0.3) is 11.4 Å². The van der Waals surface area contributed by atoms with Gasteiger partial charge in [0.2, 0.25) is 17.6 Å². The number of nitrogens with zero attached hydrogens (tertiary/aromatic N) is 3. The molecule has 0 unspecified atom stereocenters. The Labute approximate surface area is 189 Å². The van der Waals surface area contributed by atoms with Crippen LogP contribution >= 0.6 is 11.3 Å². The van der Waals surface area contributed by atoms with Crippen molar-refractivity contribution in [1.29, 1.82) is 0 Å². The predicted octanol–water partition coefficient (Wildman–Crippen LogP) is 3.85. The van der Waals surface area contributed by atoms with E-state index in [2.05, 4.69) is 15.5 Å². The van der Waals surface area contributed by atoms with Crippen molar-refractivity contribution >= 4 is 33.0 Å². The smallest absolute Gasteiger partial charge is 0.252 e. The molecule has 1 saturated heterocycles. The van der Waals surface area contributed by atoms with Gasteiger partial charge in [-0.05, 0) is 43.5 Å². The first-order chi connectivity index (χ1) is 15.3. The SMILES string of the molecule is CCc1nc(-c2csc(S(=O)(=O)N3CCC[C@@H](C(=O)Nc4ccc(C)c(F)c4)C3)c2)no1. The second-order valence-corrected chi connectivity index (χ2v) is 10.8. The van der Waals surface area contributed by atoms with Crippen LogP contribution in [0.2, 0.25) is 0 Å². The van der Waals surface area contributed by atoms with Gasteiger partial charge in [0, 0.05) is 36.1 Å². The number of sulfonamides is 1. The lowest BCUT2D eigenvalue weighted by molar-refractivity contribution is -0.120. The van der Waals surface area contributed by atoms with Gasteiger partial charge >= 0.3 is 0 Å². The minimum Gasteiger partial charge on any atom is -0.339 e. The maximum atomic E-state index is 13.8. The van der Waals surface area contributed by atoms with Crippen LogP contribution < -0.4 is 5.32 Å². The molecule has 0 bridgehead atoms. The number of rotatable bonds is 6. The molecule has 0 spiro atoms. The van der Waals surface area contributed by atoms with Crippen molar-refractivity contribution in [3.05, 3.63) is 46.9 Å². The number of carbonyl (C=O) groups is 1. The van der Waals surface area contributed by atoms with Crippen molar-refractivity contribution in [2.24, 2.45) is 5.92 Å². The van der Waals surface area contributed by atoms with E-state index in [0.717, 1.165) is 11.3 Å². The zero-order chi connectivity index (χ0) is 22.9. The van der Waals surface area contributed by atoms with Crippen molar-refractivity contribution < 1.29 is 22.1 Å². The average Bonchev–Trinajstić information content (AvgIpc) is 3.46. The molecule has 1 amide bonds. The first kappa shape index (κ1) is 22.6. The second-order valence-electron chi connectivity index (χ2n) is 7.68. The molecule has 11 heteroatoms. The second kappa shape index (κ2) is 9.08. The highest BCUT2D eigenvalue weighted by Crippen LogP contribution is 2.31. The fraction of sp³-hybridized carbons (Fsp3) is 0.381. The summed E-state index contributed by atoms with van der Waals surface area (Å²) in [6, 6.07) is 6.01. The lowest BCUT2D eigenvalue weighted by Gasteiger charge is -2.30. The maximum absolute atomic E-state index is 13.8. The molecule has 1 aromatic carbocycles. The Bertz CT molecular complexity index is 1240. The summed E-state index contributed by atoms with van der Waals surface area (Å²) in [4.78, 5) is 16.9. The van der Waals surface area contributed by atoms with Crippen molar-refractivity contribution in [2.75, 3.05) is 18.4 Å². The molecule has 170 valence electrons. The zero-order valence-corrected chi connectivity index (χ0v) is 19.3. The largest absolute Gasteiger partial charge is 0.339 e. The van der Waals surface area contributed by atoms with E-state index in [9.17, 15) is 17.6 Å². The van der Waals surface area contributed by atoms with Crippen molar-refractivity contribution in [2.45, 2.75) is 37.3 Å². The molecule has 0 radical (unpaired) electrons. The number of thiophene rings is 1. The number of piperidine rings is 1. The first-order valence-electron chi connectivity index (χ1n) is 10.3. The number of halogens is 1. The lowest BCUT2D eigenvalue weighted by Crippen LogP contribution is -2.43. The highest BCUT2D eigenvalue weighted by molar-refractivity contribution is 7.91. The quantitative estimate of drug-likeness (QED) is 0.577. The van der Waals surface area contributed by atoms with Gasteiger partial charge in [0.25, 0.3) is 10.0 Å². The van der Waals surface area contributed by atoms with Crippen molar-refractivity contribution in [3.63, 3.8) is 0 Å². The molecule has 8 nitrogen and oxygen atoms in total. The third kappa shape index (κ3) is 4.59. The summed E-state index contributed by atoms with van der Waals surface area (Å²) in [5.74, 6) is -0.419. The van der Waals surface area contributed by atoms with Gasteiger partial charge in [-0.25, -0.2) is 12.8 Å². The minimum absolute atomic E-state index is 0.0674. The van der Waals surface area contributed by atoms with E-state index in [1.807, 2.05) is 6.92 Å². The lowest BCUT2D eigenvalue weighted by atomic mass is 9.98. The number of benzene rings is 1. The van der Waals surface area contributed by atoms with Crippen LogP contribution in [0, 0.1) is 18.7 Å². The van der Waals surface area contributed by atoms with E-state index < -0.39 is 21.8 Å². The van der Waals surface area contributed by atoms with Gasteiger partial charge in [-0.15, -0.1) is 11.3 Å². The van der Waals surface area contributed by atoms with E-state index in [1.54, 1.807) is 24.4 Å². The predicted molar refractivity (Wildman–Crippen MR) is 118 cm³/mol. The number of carbonyl (C=O) groups excluding carboxylic acids is 1. The summed E-state index contributed by atoms with van der Waals surface area (Å²) in [5.41, 5.74) is 1.41. The van der Waals surface area contributed by atoms with Crippen molar-refractivity contribution in [3.8, 4) is 11.4 Å². The van der Waals surface area contributed by atoms with Crippen LogP contribution in [0.4, 0.5) is 10.1 Å². The molecule has 1 aliphatic heterocycles. The van der Waals surface area contributed by atoms with Crippen LogP contribution in [0.3, 0.4) is 0 Å². The number of amides is 1. The standard InChI is InChI=1S/C21H23FN4O4S2/c1-3-18-24-20(25-30-18)15-9-19(31-12-15)32(28,29)26-8-4-5-14(11-26)21(27)23-16-7-6-13(2)17(22)10-16/h6-7,9-10,12,14H,3-5,8,11H2,1-2H3,(H,23,27)/t14-/m1/s1. The molecule has 1 N–H and O–H groups in total. The molecule has 0 saturated carbocycles. The molecule has 2 aromatic heterocycles. The third-order valence-electron chi connectivity index (χ3n) is 5.39. The number of nitrogens with one attached hydrogen (secondary N) is 1. The fourth-order valence-corrected chi connectivity index (χ4v) is 6.34. The van der Waals surface area contributed by atoms with E-state index >= 15 is 0 Å². The number of anilines is 1. The van der Waals surface area contributed by atoms with E-state index in [4.69, 9.17) is 4.52 Å². The van der Waals surface area contributed by atoms with Crippen LogP contribution in [-0.4, -0.2) is 41.9 Å².